The van der Waals surface area contributed by atoms with Gasteiger partial charge in [-0.25, -0.2) is 0 Å². The Balaban J connectivity index is 2.21. The zero-order chi connectivity index (χ0) is 14.0. The molecule has 104 valence electrons. The van der Waals surface area contributed by atoms with Crippen LogP contribution in [0.5, 0.6) is 5.75 Å². The third kappa shape index (κ3) is 2.91. The number of hydrogen-bond acceptors (Lipinski definition) is 2. The first-order chi connectivity index (χ1) is 9.02. The summed E-state index contributed by atoms with van der Waals surface area (Å²) in [5, 5.41) is 0. The molecule has 1 heterocycles. The van der Waals surface area contributed by atoms with E-state index in [0.717, 1.165) is 18.6 Å². The molecule has 0 bridgehead atoms. The number of fused-ring (bicyclic) bond motifs is 1. The van der Waals surface area contributed by atoms with Crippen molar-refractivity contribution in [2.75, 3.05) is 20.7 Å². The van der Waals surface area contributed by atoms with Crippen LogP contribution >= 0.6 is 0 Å². The van der Waals surface area contributed by atoms with Gasteiger partial charge in [-0.3, -0.25) is 4.79 Å². The van der Waals surface area contributed by atoms with Crippen molar-refractivity contribution < 1.29 is 9.53 Å². The van der Waals surface area contributed by atoms with E-state index in [4.69, 9.17) is 4.74 Å². The fraction of sp³-hybridized carbons (Fsp3) is 0.562. The van der Waals surface area contributed by atoms with E-state index in [1.807, 2.05) is 6.07 Å². The Morgan fingerprint density at radius 1 is 1.47 bits per heavy atom. The minimum Gasteiger partial charge on any atom is -0.492 e. The molecule has 3 nitrogen and oxygen atoms in total. The van der Waals surface area contributed by atoms with Gasteiger partial charge in [-0.15, -0.1) is 0 Å². The highest BCUT2D eigenvalue weighted by Gasteiger charge is 2.27. The molecule has 0 N–H and O–H groups in total. The van der Waals surface area contributed by atoms with Crippen LogP contribution < -0.4 is 4.74 Å². The first-order valence-corrected chi connectivity index (χ1v) is 6.99. The van der Waals surface area contributed by atoms with Crippen LogP contribution in [0.1, 0.15) is 37.3 Å². The Labute approximate surface area is 115 Å². The van der Waals surface area contributed by atoms with Gasteiger partial charge >= 0.3 is 0 Å². The van der Waals surface area contributed by atoms with Gasteiger partial charge in [0.1, 0.15) is 12.4 Å². The Morgan fingerprint density at radius 3 is 2.84 bits per heavy atom. The second-order valence-electron chi connectivity index (χ2n) is 5.62. The van der Waals surface area contributed by atoms with Crippen LogP contribution in [0.4, 0.5) is 0 Å². The van der Waals surface area contributed by atoms with Gasteiger partial charge in [0.05, 0.1) is 5.92 Å². The summed E-state index contributed by atoms with van der Waals surface area (Å²) >= 11 is 0. The Kier molecular flexibility index (Phi) is 4.13. The number of rotatable bonds is 3. The van der Waals surface area contributed by atoms with Gasteiger partial charge in [-0.2, -0.15) is 0 Å². The molecular weight excluding hydrogens is 238 g/mol. The molecule has 0 aromatic heterocycles. The van der Waals surface area contributed by atoms with Crippen molar-refractivity contribution >= 4 is 5.91 Å². The highest BCUT2D eigenvalue weighted by atomic mass is 16.5. The van der Waals surface area contributed by atoms with E-state index in [1.54, 1.807) is 19.0 Å². The molecule has 1 aromatic carbocycles. The molecule has 0 saturated carbocycles. The predicted octanol–water partition coefficient (Wildman–Crippen LogP) is 2.84. The Bertz CT molecular complexity index is 468. The fourth-order valence-corrected chi connectivity index (χ4v) is 2.48. The molecule has 1 aliphatic heterocycles. The van der Waals surface area contributed by atoms with Crippen LogP contribution in [0.2, 0.25) is 0 Å². The summed E-state index contributed by atoms with van der Waals surface area (Å²) in [6.07, 6.45) is 1.91. The second kappa shape index (κ2) is 5.64. The number of ether oxygens (including phenoxy) is 1. The maximum absolute atomic E-state index is 12.0. The summed E-state index contributed by atoms with van der Waals surface area (Å²) in [6.45, 7) is 4.92. The smallest absolute Gasteiger partial charge is 0.228 e. The lowest BCUT2D eigenvalue weighted by molar-refractivity contribution is -0.134. The van der Waals surface area contributed by atoms with Crippen molar-refractivity contribution in [3.63, 3.8) is 0 Å². The van der Waals surface area contributed by atoms with Crippen molar-refractivity contribution in [1.29, 1.82) is 0 Å². The molecule has 0 aliphatic carbocycles. The van der Waals surface area contributed by atoms with Crippen molar-refractivity contribution in [3.05, 3.63) is 29.3 Å². The lowest BCUT2D eigenvalue weighted by atomic mass is 9.91. The van der Waals surface area contributed by atoms with Gasteiger partial charge in [0.15, 0.2) is 0 Å². The van der Waals surface area contributed by atoms with Gasteiger partial charge in [-0.1, -0.05) is 26.0 Å². The molecule has 1 aliphatic rings. The molecule has 1 amide bonds. The van der Waals surface area contributed by atoms with E-state index in [1.165, 1.54) is 11.1 Å². The number of carbonyl (C=O) groups excluding carboxylic acids is 1. The van der Waals surface area contributed by atoms with Crippen molar-refractivity contribution in [3.8, 4) is 5.75 Å². The number of nitrogens with zero attached hydrogens (tertiary/aromatic N) is 1. The third-order valence-corrected chi connectivity index (χ3v) is 3.96. The summed E-state index contributed by atoms with van der Waals surface area (Å²) in [7, 11) is 3.60. The molecule has 1 unspecified atom stereocenters. The summed E-state index contributed by atoms with van der Waals surface area (Å²) in [5.41, 5.74) is 2.51. The molecule has 19 heavy (non-hydrogen) atoms. The van der Waals surface area contributed by atoms with Gasteiger partial charge < -0.3 is 9.64 Å². The van der Waals surface area contributed by atoms with E-state index in [0.29, 0.717) is 12.5 Å². The number of benzene rings is 1. The molecular formula is C16H23NO2. The summed E-state index contributed by atoms with van der Waals surface area (Å²) < 4.78 is 5.73. The average Bonchev–Trinajstić information content (AvgIpc) is 2.44. The van der Waals surface area contributed by atoms with Crippen molar-refractivity contribution in [2.45, 2.75) is 32.6 Å². The zero-order valence-electron chi connectivity index (χ0n) is 12.3. The van der Waals surface area contributed by atoms with Gasteiger partial charge in [0.2, 0.25) is 5.91 Å². The number of hydrogen-bond donors (Lipinski definition) is 0. The molecule has 2 atom stereocenters. The van der Waals surface area contributed by atoms with E-state index in [2.05, 4.69) is 26.0 Å². The summed E-state index contributed by atoms with van der Waals surface area (Å²) in [4.78, 5) is 13.7. The SMILES string of the molecule is CCC(C)c1ccc2c(c1)C[C@H](C(=O)N(C)C)CO2. The zero-order valence-corrected chi connectivity index (χ0v) is 12.3. The molecule has 0 fully saturated rings. The average molecular weight is 261 g/mol. The van der Waals surface area contributed by atoms with Crippen molar-refractivity contribution in [2.24, 2.45) is 5.92 Å². The fourth-order valence-electron chi connectivity index (χ4n) is 2.48. The third-order valence-electron chi connectivity index (χ3n) is 3.96. The molecule has 1 aromatic rings. The molecule has 0 spiro atoms. The van der Waals surface area contributed by atoms with Gasteiger partial charge in [0.25, 0.3) is 0 Å². The van der Waals surface area contributed by atoms with E-state index in [9.17, 15) is 4.79 Å². The maximum atomic E-state index is 12.0. The predicted molar refractivity (Wildman–Crippen MR) is 76.5 cm³/mol. The molecule has 0 saturated heterocycles. The quantitative estimate of drug-likeness (QED) is 0.837. The van der Waals surface area contributed by atoms with E-state index in [-0.39, 0.29) is 11.8 Å². The van der Waals surface area contributed by atoms with Crippen LogP contribution in [0, 0.1) is 5.92 Å². The van der Waals surface area contributed by atoms with Crippen LogP contribution in [0.3, 0.4) is 0 Å². The first kappa shape index (κ1) is 13.9. The summed E-state index contributed by atoms with van der Waals surface area (Å²) in [6, 6.07) is 6.40. The van der Waals surface area contributed by atoms with Crippen LogP contribution in [0.15, 0.2) is 18.2 Å². The molecule has 0 radical (unpaired) electrons. The second-order valence-corrected chi connectivity index (χ2v) is 5.62. The van der Waals surface area contributed by atoms with Crippen LogP contribution in [-0.4, -0.2) is 31.5 Å². The molecule has 2 rings (SSSR count). The van der Waals surface area contributed by atoms with Crippen LogP contribution in [0.25, 0.3) is 0 Å². The van der Waals surface area contributed by atoms with Crippen molar-refractivity contribution in [1.82, 2.24) is 4.90 Å². The standard InChI is InChI=1S/C16H23NO2/c1-5-11(2)12-6-7-15-13(8-12)9-14(10-19-15)16(18)17(3)4/h6-8,11,14H,5,9-10H2,1-4H3/t11?,14-/m0/s1. The lowest BCUT2D eigenvalue weighted by Gasteiger charge is -2.27. The van der Waals surface area contributed by atoms with E-state index < -0.39 is 0 Å². The highest BCUT2D eigenvalue weighted by Crippen LogP contribution is 2.31. The Hall–Kier alpha value is -1.51. The number of carbonyl (C=O) groups is 1. The normalized spacial score (nSPS) is 19.3. The topological polar surface area (TPSA) is 29.5 Å². The lowest BCUT2D eigenvalue weighted by Crippen LogP contribution is -2.36. The highest BCUT2D eigenvalue weighted by molar-refractivity contribution is 5.79. The number of amides is 1. The summed E-state index contributed by atoms with van der Waals surface area (Å²) in [5.74, 6) is 1.60. The van der Waals surface area contributed by atoms with Gasteiger partial charge in [-0.05, 0) is 36.0 Å². The monoisotopic (exact) mass is 261 g/mol. The minimum atomic E-state index is -0.0466. The minimum absolute atomic E-state index is 0.0466. The van der Waals surface area contributed by atoms with E-state index >= 15 is 0 Å². The maximum Gasteiger partial charge on any atom is 0.228 e. The van der Waals surface area contributed by atoms with Gasteiger partial charge in [0, 0.05) is 14.1 Å². The molecule has 3 heteroatoms. The first-order valence-electron chi connectivity index (χ1n) is 6.99. The largest absolute Gasteiger partial charge is 0.492 e. The Morgan fingerprint density at radius 2 is 2.21 bits per heavy atom. The van der Waals surface area contributed by atoms with Crippen LogP contribution in [-0.2, 0) is 11.2 Å².